The van der Waals surface area contributed by atoms with Gasteiger partial charge in [-0.15, -0.1) is 0 Å². The van der Waals surface area contributed by atoms with Gasteiger partial charge in [-0.05, 0) is 24.6 Å². The van der Waals surface area contributed by atoms with E-state index in [4.69, 9.17) is 0 Å². The fourth-order valence-corrected chi connectivity index (χ4v) is 3.25. The second-order valence-electron chi connectivity index (χ2n) is 6.59. The average molecular weight is 377 g/mol. The van der Waals surface area contributed by atoms with Crippen LogP contribution in [0.3, 0.4) is 0 Å². The molecule has 0 bridgehead atoms. The molecule has 0 unspecified atom stereocenters. The molecule has 3 heterocycles. The van der Waals surface area contributed by atoms with E-state index < -0.39 is 17.0 Å². The summed E-state index contributed by atoms with van der Waals surface area (Å²) in [6.07, 6.45) is 5.75. The lowest BCUT2D eigenvalue weighted by molar-refractivity contribution is 0.104. The number of aromatic nitrogens is 4. The fraction of sp³-hybridized carbons (Fsp3) is 0.200. The van der Waals surface area contributed by atoms with Crippen molar-refractivity contribution in [2.75, 3.05) is 5.32 Å². The second-order valence-corrected chi connectivity index (χ2v) is 6.59. The zero-order chi connectivity index (χ0) is 19.8. The topological polar surface area (TPSA) is 90.9 Å². The summed E-state index contributed by atoms with van der Waals surface area (Å²) >= 11 is 0. The maximum Gasteiger partial charge on any atom is 0.332 e. The number of Topliss-reactive ketones (excluding diaryl/α,β-unsaturated/α-hetero) is 1. The van der Waals surface area contributed by atoms with Crippen molar-refractivity contribution in [3.05, 3.63) is 80.4 Å². The fourth-order valence-electron chi connectivity index (χ4n) is 3.25. The number of hydrogen-bond acceptors (Lipinski definition) is 5. The number of fused-ring (bicyclic) bond motifs is 1. The minimum atomic E-state index is -0.590. The molecule has 1 aromatic carbocycles. The van der Waals surface area contributed by atoms with Crippen LogP contribution in [-0.4, -0.2) is 24.7 Å². The van der Waals surface area contributed by atoms with Crippen LogP contribution >= 0.6 is 0 Å². The quantitative estimate of drug-likeness (QED) is 0.700. The molecule has 1 N–H and O–H groups in total. The van der Waals surface area contributed by atoms with Gasteiger partial charge in [-0.2, -0.15) is 5.10 Å². The van der Waals surface area contributed by atoms with Gasteiger partial charge in [-0.25, -0.2) is 9.48 Å². The van der Waals surface area contributed by atoms with Gasteiger partial charge in [0.05, 0.1) is 17.6 Å². The molecule has 28 heavy (non-hydrogen) atoms. The van der Waals surface area contributed by atoms with Crippen molar-refractivity contribution < 1.29 is 4.79 Å². The number of carbonyl (C=O) groups is 1. The van der Waals surface area contributed by atoms with Gasteiger partial charge < -0.3 is 5.32 Å². The number of ketones is 1. The molecule has 0 saturated heterocycles. The third kappa shape index (κ3) is 2.79. The zero-order valence-electron chi connectivity index (χ0n) is 15.5. The van der Waals surface area contributed by atoms with Crippen molar-refractivity contribution in [2.24, 2.45) is 7.05 Å². The summed E-state index contributed by atoms with van der Waals surface area (Å²) in [5, 5.41) is 7.28. The van der Waals surface area contributed by atoms with E-state index in [0.29, 0.717) is 18.5 Å². The number of hydrogen-bond donors (Lipinski definition) is 1. The highest BCUT2D eigenvalue weighted by atomic mass is 16.2. The molecule has 2 aromatic heterocycles. The molecular formula is C20H19N5O3. The van der Waals surface area contributed by atoms with Gasteiger partial charge in [-0.3, -0.25) is 18.7 Å². The summed E-state index contributed by atoms with van der Waals surface area (Å²) in [5.74, 6) is -0.158. The monoisotopic (exact) mass is 377 g/mol. The first-order valence-electron chi connectivity index (χ1n) is 8.98. The second kappa shape index (κ2) is 6.80. The maximum atomic E-state index is 12.8. The molecule has 0 aliphatic carbocycles. The predicted molar refractivity (Wildman–Crippen MR) is 106 cm³/mol. The van der Waals surface area contributed by atoms with Crippen molar-refractivity contribution >= 4 is 17.7 Å². The van der Waals surface area contributed by atoms with Gasteiger partial charge in [-0.1, -0.05) is 25.1 Å². The van der Waals surface area contributed by atoms with E-state index >= 15 is 0 Å². The van der Waals surface area contributed by atoms with Gasteiger partial charge in [0.1, 0.15) is 11.4 Å². The van der Waals surface area contributed by atoms with Crippen molar-refractivity contribution in [2.45, 2.75) is 19.9 Å². The summed E-state index contributed by atoms with van der Waals surface area (Å²) in [6, 6.07) is 9.59. The van der Waals surface area contributed by atoms with Gasteiger partial charge in [0, 0.05) is 25.4 Å². The van der Waals surface area contributed by atoms with Crippen LogP contribution in [0.2, 0.25) is 0 Å². The van der Waals surface area contributed by atoms with Crippen LogP contribution in [0.15, 0.2) is 58.0 Å². The Kier molecular flexibility index (Phi) is 4.31. The van der Waals surface area contributed by atoms with E-state index in [1.165, 1.54) is 11.6 Å². The molecular weight excluding hydrogens is 358 g/mol. The summed E-state index contributed by atoms with van der Waals surface area (Å²) in [5.41, 5.74) is 0.810. The number of nitrogens with one attached hydrogen (secondary N) is 1. The van der Waals surface area contributed by atoms with E-state index in [9.17, 15) is 14.4 Å². The van der Waals surface area contributed by atoms with Crippen molar-refractivity contribution in [3.8, 4) is 5.69 Å². The lowest BCUT2D eigenvalue weighted by atomic mass is 10.1. The SMILES string of the molecule is CCCn1c2c(c(=O)n(C)c1=O)C(=O)/C(=C/c1cnn(-c3ccccc3)c1)N2. The largest absolute Gasteiger partial charge is 0.338 e. The molecule has 0 saturated carbocycles. The molecule has 0 amide bonds. The smallest absolute Gasteiger partial charge is 0.332 e. The molecule has 1 aliphatic rings. The Morgan fingerprint density at radius 2 is 1.89 bits per heavy atom. The van der Waals surface area contributed by atoms with Gasteiger partial charge in [0.15, 0.2) is 0 Å². The van der Waals surface area contributed by atoms with Crippen molar-refractivity contribution in [3.63, 3.8) is 0 Å². The Morgan fingerprint density at radius 3 is 2.61 bits per heavy atom. The summed E-state index contributed by atoms with van der Waals surface area (Å²) in [6.45, 7) is 2.34. The number of carbonyl (C=O) groups excluding carboxylic acids is 1. The van der Waals surface area contributed by atoms with Crippen molar-refractivity contribution in [1.82, 2.24) is 18.9 Å². The highest BCUT2D eigenvalue weighted by Crippen LogP contribution is 2.26. The van der Waals surface area contributed by atoms with E-state index in [1.54, 1.807) is 23.2 Å². The number of benzene rings is 1. The normalized spacial score (nSPS) is 14.4. The van der Waals surface area contributed by atoms with Crippen LogP contribution in [0.1, 0.15) is 29.3 Å². The molecule has 0 atom stereocenters. The highest BCUT2D eigenvalue weighted by molar-refractivity contribution is 6.19. The number of anilines is 1. The highest BCUT2D eigenvalue weighted by Gasteiger charge is 2.32. The molecule has 142 valence electrons. The summed E-state index contributed by atoms with van der Waals surface area (Å²) < 4.78 is 4.11. The lowest BCUT2D eigenvalue weighted by Gasteiger charge is -2.11. The van der Waals surface area contributed by atoms with Crippen LogP contribution in [0.5, 0.6) is 0 Å². The Bertz CT molecular complexity index is 1210. The van der Waals surface area contributed by atoms with Gasteiger partial charge >= 0.3 is 5.69 Å². The first-order chi connectivity index (χ1) is 13.5. The Hall–Kier alpha value is -3.68. The van der Waals surface area contributed by atoms with Crippen molar-refractivity contribution in [1.29, 1.82) is 0 Å². The average Bonchev–Trinajstić information content (AvgIpc) is 3.30. The molecule has 3 aromatic rings. The van der Waals surface area contributed by atoms with Gasteiger partial charge in [0.2, 0.25) is 5.78 Å². The van der Waals surface area contributed by atoms with Crippen LogP contribution in [-0.2, 0) is 13.6 Å². The minimum Gasteiger partial charge on any atom is -0.338 e. The number of rotatable bonds is 4. The first-order valence-corrected chi connectivity index (χ1v) is 8.98. The van der Waals surface area contributed by atoms with E-state index in [2.05, 4.69) is 10.4 Å². The predicted octanol–water partition coefficient (Wildman–Crippen LogP) is 1.79. The van der Waals surface area contributed by atoms with Gasteiger partial charge in [0.25, 0.3) is 5.56 Å². The first kappa shape index (κ1) is 17.7. The van der Waals surface area contributed by atoms with Crippen LogP contribution in [0.25, 0.3) is 11.8 Å². The van der Waals surface area contributed by atoms with E-state index in [1.807, 2.05) is 37.3 Å². The minimum absolute atomic E-state index is 0.00255. The Labute approximate surface area is 160 Å². The zero-order valence-corrected chi connectivity index (χ0v) is 15.5. The number of nitrogens with zero attached hydrogens (tertiary/aromatic N) is 4. The molecule has 8 nitrogen and oxygen atoms in total. The molecule has 0 spiro atoms. The number of allylic oxidation sites excluding steroid dienone is 1. The maximum absolute atomic E-state index is 12.8. The third-order valence-electron chi connectivity index (χ3n) is 4.65. The summed E-state index contributed by atoms with van der Waals surface area (Å²) in [4.78, 5) is 37.7. The summed E-state index contributed by atoms with van der Waals surface area (Å²) in [7, 11) is 1.38. The molecule has 4 rings (SSSR count). The Balaban J connectivity index is 1.75. The standard InChI is InChI=1S/C20H19N5O3/c1-3-9-24-18-16(19(27)23(2)20(24)28)17(26)15(22-18)10-13-11-21-25(12-13)14-7-5-4-6-8-14/h4-8,10-12,22H,3,9H2,1-2H3/b15-10-. The third-order valence-corrected chi connectivity index (χ3v) is 4.65. The lowest BCUT2D eigenvalue weighted by Crippen LogP contribution is -2.40. The van der Waals surface area contributed by atoms with Crippen LogP contribution in [0.4, 0.5) is 5.82 Å². The molecule has 0 radical (unpaired) electrons. The van der Waals surface area contributed by atoms with E-state index in [-0.39, 0.29) is 17.1 Å². The van der Waals surface area contributed by atoms with E-state index in [0.717, 1.165) is 10.3 Å². The Morgan fingerprint density at radius 1 is 1.14 bits per heavy atom. The van der Waals surface area contributed by atoms with Crippen LogP contribution < -0.4 is 16.6 Å². The molecule has 1 aliphatic heterocycles. The number of para-hydroxylation sites is 1. The molecule has 8 heteroatoms. The van der Waals surface area contributed by atoms with Crippen LogP contribution in [0, 0.1) is 0 Å². The molecule has 0 fully saturated rings.